The second-order valence-corrected chi connectivity index (χ2v) is 7.68. The molecule has 2 rings (SSSR count). The molecular formula is C15H23N3O4S. The van der Waals surface area contributed by atoms with Crippen LogP contribution >= 0.6 is 0 Å². The van der Waals surface area contributed by atoms with E-state index >= 15 is 0 Å². The highest BCUT2D eigenvalue weighted by molar-refractivity contribution is 7.89. The molecule has 128 valence electrons. The van der Waals surface area contributed by atoms with Gasteiger partial charge in [0.1, 0.15) is 0 Å². The number of pyridine rings is 1. The van der Waals surface area contributed by atoms with Gasteiger partial charge in [-0.25, -0.2) is 17.7 Å². The number of methoxy groups -OCH3 is 1. The van der Waals surface area contributed by atoms with E-state index in [2.05, 4.69) is 10.3 Å². The summed E-state index contributed by atoms with van der Waals surface area (Å²) in [7, 11) is -1.74. The fourth-order valence-electron chi connectivity index (χ4n) is 2.62. The number of hydrogen-bond acceptors (Lipinski definition) is 5. The van der Waals surface area contributed by atoms with Crippen molar-refractivity contribution in [1.29, 1.82) is 0 Å². The van der Waals surface area contributed by atoms with Crippen LogP contribution in [0.25, 0.3) is 0 Å². The minimum Gasteiger partial charge on any atom is -0.481 e. The van der Waals surface area contributed by atoms with Gasteiger partial charge in [0.15, 0.2) is 0 Å². The zero-order valence-electron chi connectivity index (χ0n) is 13.5. The van der Waals surface area contributed by atoms with E-state index in [0.29, 0.717) is 37.4 Å². The normalized spacial score (nSPS) is 19.3. The first-order chi connectivity index (χ1) is 11.0. The summed E-state index contributed by atoms with van der Waals surface area (Å²) < 4.78 is 30.7. The van der Waals surface area contributed by atoms with Gasteiger partial charge in [0, 0.05) is 19.2 Å². The number of nitrogens with one attached hydrogen (secondary N) is 1. The number of carbonyl (C=O) groups excluding carboxylic acids is 1. The van der Waals surface area contributed by atoms with Gasteiger partial charge < -0.3 is 10.1 Å². The van der Waals surface area contributed by atoms with Crippen LogP contribution in [0.5, 0.6) is 5.88 Å². The minimum absolute atomic E-state index is 0.129. The molecular weight excluding hydrogens is 318 g/mol. The lowest BCUT2D eigenvalue weighted by atomic mass is 9.99. The topological polar surface area (TPSA) is 88.6 Å². The van der Waals surface area contributed by atoms with E-state index in [0.717, 1.165) is 0 Å². The summed E-state index contributed by atoms with van der Waals surface area (Å²) in [5.41, 5.74) is 0.573. The average molecular weight is 341 g/mol. The van der Waals surface area contributed by atoms with Crippen molar-refractivity contribution in [2.45, 2.75) is 26.2 Å². The molecule has 0 radical (unpaired) electrons. The molecule has 1 amide bonds. The van der Waals surface area contributed by atoms with Crippen LogP contribution in [0.1, 0.15) is 26.2 Å². The molecule has 23 heavy (non-hydrogen) atoms. The number of carbonyl (C=O) groups is 1. The largest absolute Gasteiger partial charge is 0.481 e. The second-order valence-electron chi connectivity index (χ2n) is 5.59. The fraction of sp³-hybridized carbons (Fsp3) is 0.600. The summed E-state index contributed by atoms with van der Waals surface area (Å²) in [5.74, 6) is 0.0901. The van der Waals surface area contributed by atoms with Crippen LogP contribution < -0.4 is 10.1 Å². The Hall–Kier alpha value is -1.67. The highest BCUT2D eigenvalue weighted by atomic mass is 32.2. The number of amides is 1. The molecule has 1 aliphatic rings. The van der Waals surface area contributed by atoms with E-state index < -0.39 is 10.0 Å². The lowest BCUT2D eigenvalue weighted by Gasteiger charge is -2.31. The summed E-state index contributed by atoms with van der Waals surface area (Å²) >= 11 is 0. The van der Waals surface area contributed by atoms with E-state index in [9.17, 15) is 13.2 Å². The van der Waals surface area contributed by atoms with Crippen LogP contribution in [0.3, 0.4) is 0 Å². The van der Waals surface area contributed by atoms with Gasteiger partial charge in [0.2, 0.25) is 21.8 Å². The Morgan fingerprint density at radius 2 is 2.26 bits per heavy atom. The van der Waals surface area contributed by atoms with Crippen molar-refractivity contribution >= 4 is 21.6 Å². The Morgan fingerprint density at radius 1 is 1.48 bits per heavy atom. The van der Waals surface area contributed by atoms with Gasteiger partial charge in [-0.15, -0.1) is 0 Å². The third-order valence-electron chi connectivity index (χ3n) is 3.82. The van der Waals surface area contributed by atoms with Gasteiger partial charge in [-0.2, -0.15) is 0 Å². The maximum Gasteiger partial charge on any atom is 0.228 e. The van der Waals surface area contributed by atoms with Gasteiger partial charge >= 0.3 is 0 Å². The molecule has 1 aromatic heterocycles. The summed E-state index contributed by atoms with van der Waals surface area (Å²) in [5, 5.41) is 2.79. The number of ether oxygens (including phenoxy) is 1. The quantitative estimate of drug-likeness (QED) is 0.847. The zero-order chi connectivity index (χ0) is 16.9. The summed E-state index contributed by atoms with van der Waals surface area (Å²) in [6, 6.07) is 3.37. The van der Waals surface area contributed by atoms with Crippen molar-refractivity contribution in [2.24, 2.45) is 5.92 Å². The molecule has 2 heterocycles. The molecule has 0 saturated carbocycles. The molecule has 1 saturated heterocycles. The molecule has 1 N–H and O–H groups in total. The fourth-order valence-corrected chi connectivity index (χ4v) is 4.20. The first-order valence-electron chi connectivity index (χ1n) is 7.75. The van der Waals surface area contributed by atoms with Crippen LogP contribution in [0.2, 0.25) is 0 Å². The molecule has 0 aliphatic carbocycles. The molecule has 1 aromatic rings. The number of anilines is 1. The Bertz CT molecular complexity index is 631. The number of rotatable bonds is 6. The van der Waals surface area contributed by atoms with Crippen molar-refractivity contribution in [3.63, 3.8) is 0 Å². The summed E-state index contributed by atoms with van der Waals surface area (Å²) in [6.45, 7) is 2.58. The van der Waals surface area contributed by atoms with Gasteiger partial charge in [-0.3, -0.25) is 4.79 Å². The predicted octanol–water partition coefficient (Wildman–Crippen LogP) is 1.48. The molecule has 7 nitrogen and oxygen atoms in total. The summed E-state index contributed by atoms with van der Waals surface area (Å²) in [6.07, 6.45) is 3.48. The first-order valence-corrected chi connectivity index (χ1v) is 9.36. The molecule has 0 bridgehead atoms. The van der Waals surface area contributed by atoms with Crippen molar-refractivity contribution in [1.82, 2.24) is 9.29 Å². The Labute approximate surface area is 137 Å². The molecule has 1 aliphatic heterocycles. The van der Waals surface area contributed by atoms with E-state index in [1.165, 1.54) is 17.6 Å². The number of nitrogens with zero attached hydrogens (tertiary/aromatic N) is 2. The highest BCUT2D eigenvalue weighted by Crippen LogP contribution is 2.22. The van der Waals surface area contributed by atoms with Crippen molar-refractivity contribution in [2.75, 3.05) is 31.3 Å². The molecule has 0 spiro atoms. The highest BCUT2D eigenvalue weighted by Gasteiger charge is 2.31. The molecule has 0 aromatic carbocycles. The maximum absolute atomic E-state index is 12.4. The smallest absolute Gasteiger partial charge is 0.228 e. The standard InChI is InChI=1S/C15H23N3O4S/c1-3-9-23(20,21)18-8-4-5-12(11-18)15(19)17-13-6-7-14(22-2)16-10-13/h6-7,10,12H,3-5,8-9,11H2,1-2H3,(H,17,19)/t12-/m1/s1. The Kier molecular flexibility index (Phi) is 5.95. The SMILES string of the molecule is CCCS(=O)(=O)N1CCC[C@@H](C(=O)Nc2ccc(OC)nc2)C1. The summed E-state index contributed by atoms with van der Waals surface area (Å²) in [4.78, 5) is 16.4. The van der Waals surface area contributed by atoms with Crippen LogP contribution in [0, 0.1) is 5.92 Å². The van der Waals surface area contributed by atoms with Crippen LogP contribution in [-0.2, 0) is 14.8 Å². The Balaban J connectivity index is 1.98. The van der Waals surface area contributed by atoms with Gasteiger partial charge in [0.05, 0.1) is 30.7 Å². The zero-order valence-corrected chi connectivity index (χ0v) is 14.3. The molecule has 8 heteroatoms. The number of sulfonamides is 1. The van der Waals surface area contributed by atoms with E-state index in [-0.39, 0.29) is 24.1 Å². The number of piperidine rings is 1. The van der Waals surface area contributed by atoms with Crippen LogP contribution in [-0.4, -0.2) is 49.6 Å². The van der Waals surface area contributed by atoms with Gasteiger partial charge in [0.25, 0.3) is 0 Å². The van der Waals surface area contributed by atoms with Crippen LogP contribution in [0.15, 0.2) is 18.3 Å². The first kappa shape index (κ1) is 17.7. The Morgan fingerprint density at radius 3 is 2.87 bits per heavy atom. The number of hydrogen-bond donors (Lipinski definition) is 1. The second kappa shape index (κ2) is 7.74. The lowest BCUT2D eigenvalue weighted by Crippen LogP contribution is -2.44. The van der Waals surface area contributed by atoms with E-state index in [1.807, 2.05) is 6.92 Å². The van der Waals surface area contributed by atoms with Crippen molar-refractivity contribution in [3.8, 4) is 5.88 Å². The van der Waals surface area contributed by atoms with E-state index in [4.69, 9.17) is 4.74 Å². The minimum atomic E-state index is -3.26. The third kappa shape index (κ3) is 4.65. The molecule has 0 unspecified atom stereocenters. The van der Waals surface area contributed by atoms with Crippen molar-refractivity contribution < 1.29 is 17.9 Å². The third-order valence-corrected chi connectivity index (χ3v) is 5.87. The lowest BCUT2D eigenvalue weighted by molar-refractivity contribution is -0.120. The van der Waals surface area contributed by atoms with Crippen molar-refractivity contribution in [3.05, 3.63) is 18.3 Å². The molecule has 1 atom stereocenters. The predicted molar refractivity (Wildman–Crippen MR) is 87.8 cm³/mol. The number of aromatic nitrogens is 1. The van der Waals surface area contributed by atoms with Gasteiger partial charge in [-0.05, 0) is 25.3 Å². The monoisotopic (exact) mass is 341 g/mol. The maximum atomic E-state index is 12.4. The van der Waals surface area contributed by atoms with Gasteiger partial charge in [-0.1, -0.05) is 6.92 Å². The van der Waals surface area contributed by atoms with Crippen LogP contribution in [0.4, 0.5) is 5.69 Å². The average Bonchev–Trinajstić information content (AvgIpc) is 2.55. The molecule has 1 fully saturated rings. The van der Waals surface area contributed by atoms with E-state index in [1.54, 1.807) is 12.1 Å².